The fourth-order valence-corrected chi connectivity index (χ4v) is 3.64. The SMILES string of the molecule is CCNC(=O)Nc1nc2cc(-n3cccn3)cc(-c3cccnc3)c2s1. The van der Waals surface area contributed by atoms with E-state index in [4.69, 9.17) is 0 Å². The third-order valence-electron chi connectivity index (χ3n) is 3.77. The number of hydrogen-bond donors (Lipinski definition) is 2. The first kappa shape index (κ1) is 16.2. The van der Waals surface area contributed by atoms with E-state index in [0.29, 0.717) is 11.7 Å². The summed E-state index contributed by atoms with van der Waals surface area (Å²) in [7, 11) is 0. The van der Waals surface area contributed by atoms with Gasteiger partial charge in [0.25, 0.3) is 0 Å². The number of anilines is 1. The summed E-state index contributed by atoms with van der Waals surface area (Å²) in [4.78, 5) is 20.6. The Morgan fingerprint density at radius 1 is 1.27 bits per heavy atom. The Balaban J connectivity index is 1.86. The molecule has 4 aromatic rings. The minimum atomic E-state index is -0.262. The second-order valence-corrected chi connectivity index (χ2v) is 6.54. The van der Waals surface area contributed by atoms with Crippen molar-refractivity contribution in [3.05, 3.63) is 55.1 Å². The van der Waals surface area contributed by atoms with Crippen LogP contribution in [-0.2, 0) is 0 Å². The minimum Gasteiger partial charge on any atom is -0.338 e. The molecule has 2 amide bonds. The van der Waals surface area contributed by atoms with Crippen molar-refractivity contribution in [3.8, 4) is 16.8 Å². The molecular formula is C18H16N6OS. The first-order valence-electron chi connectivity index (χ1n) is 8.14. The van der Waals surface area contributed by atoms with E-state index in [1.165, 1.54) is 11.3 Å². The van der Waals surface area contributed by atoms with Gasteiger partial charge in [0.1, 0.15) is 0 Å². The van der Waals surface area contributed by atoms with Crippen molar-refractivity contribution in [2.75, 3.05) is 11.9 Å². The lowest BCUT2D eigenvalue weighted by Crippen LogP contribution is -2.28. The molecule has 7 nitrogen and oxygen atoms in total. The number of carbonyl (C=O) groups excluding carboxylic acids is 1. The van der Waals surface area contributed by atoms with Crippen LogP contribution in [0.3, 0.4) is 0 Å². The lowest BCUT2D eigenvalue weighted by atomic mass is 10.1. The molecule has 8 heteroatoms. The van der Waals surface area contributed by atoms with Crippen molar-refractivity contribution in [3.63, 3.8) is 0 Å². The molecule has 0 fully saturated rings. The normalized spacial score (nSPS) is 10.8. The van der Waals surface area contributed by atoms with E-state index in [1.54, 1.807) is 17.1 Å². The van der Waals surface area contributed by atoms with Gasteiger partial charge in [0, 0.05) is 42.5 Å². The Labute approximate surface area is 153 Å². The first-order valence-corrected chi connectivity index (χ1v) is 8.96. The maximum Gasteiger partial charge on any atom is 0.321 e. The molecule has 0 saturated carbocycles. The van der Waals surface area contributed by atoms with Crippen molar-refractivity contribution < 1.29 is 4.79 Å². The molecule has 3 aromatic heterocycles. The molecule has 3 heterocycles. The largest absolute Gasteiger partial charge is 0.338 e. The Bertz CT molecular complexity index is 1040. The summed E-state index contributed by atoms with van der Waals surface area (Å²) in [6.07, 6.45) is 7.18. The second-order valence-electron chi connectivity index (χ2n) is 5.54. The van der Waals surface area contributed by atoms with Crippen molar-refractivity contribution >= 4 is 32.7 Å². The zero-order valence-corrected chi connectivity index (χ0v) is 14.8. The molecule has 0 aliphatic rings. The fourth-order valence-electron chi connectivity index (χ4n) is 2.66. The Kier molecular flexibility index (Phi) is 4.32. The zero-order valence-electron chi connectivity index (χ0n) is 14.0. The van der Waals surface area contributed by atoms with Crippen molar-refractivity contribution in [1.82, 2.24) is 25.1 Å². The molecule has 0 atom stereocenters. The highest BCUT2D eigenvalue weighted by molar-refractivity contribution is 7.22. The van der Waals surface area contributed by atoms with E-state index >= 15 is 0 Å². The number of hydrogen-bond acceptors (Lipinski definition) is 5. The molecule has 26 heavy (non-hydrogen) atoms. The smallest absolute Gasteiger partial charge is 0.321 e. The Morgan fingerprint density at radius 3 is 2.92 bits per heavy atom. The summed E-state index contributed by atoms with van der Waals surface area (Å²) >= 11 is 1.44. The van der Waals surface area contributed by atoms with Gasteiger partial charge in [-0.3, -0.25) is 10.3 Å². The molecule has 130 valence electrons. The van der Waals surface area contributed by atoms with Crippen molar-refractivity contribution in [2.45, 2.75) is 6.92 Å². The molecule has 0 radical (unpaired) electrons. The van der Waals surface area contributed by atoms with Crippen LogP contribution in [0.25, 0.3) is 27.0 Å². The number of fused-ring (bicyclic) bond motifs is 1. The van der Waals surface area contributed by atoms with Crippen LogP contribution in [0.4, 0.5) is 9.93 Å². The van der Waals surface area contributed by atoms with Crippen LogP contribution in [0.15, 0.2) is 55.1 Å². The van der Waals surface area contributed by atoms with Gasteiger partial charge < -0.3 is 5.32 Å². The number of thiazole rings is 1. The standard InChI is InChI=1S/C18H16N6OS/c1-2-20-17(25)23-18-22-15-10-13(24-8-4-7-21-24)9-14(16(15)26-18)12-5-3-6-19-11-12/h3-11H,2H2,1H3,(H2,20,22,23,25). The summed E-state index contributed by atoms with van der Waals surface area (Å²) in [5.41, 5.74) is 3.69. The van der Waals surface area contributed by atoms with Gasteiger partial charge in [0.2, 0.25) is 0 Å². The monoisotopic (exact) mass is 364 g/mol. The second kappa shape index (κ2) is 6.93. The lowest BCUT2D eigenvalue weighted by Gasteiger charge is -2.07. The molecule has 0 aliphatic carbocycles. The predicted octanol–water partition coefficient (Wildman–Crippen LogP) is 3.69. The van der Waals surface area contributed by atoms with Crippen molar-refractivity contribution in [2.24, 2.45) is 0 Å². The number of urea groups is 1. The number of nitrogens with one attached hydrogen (secondary N) is 2. The van der Waals surface area contributed by atoms with E-state index < -0.39 is 0 Å². The van der Waals surface area contributed by atoms with Crippen LogP contribution in [0.1, 0.15) is 6.92 Å². The number of carbonyl (C=O) groups is 1. The topological polar surface area (TPSA) is 84.7 Å². The van der Waals surface area contributed by atoms with Gasteiger partial charge in [-0.05, 0) is 31.2 Å². The average Bonchev–Trinajstić information content (AvgIpc) is 3.31. The van der Waals surface area contributed by atoms with Crippen LogP contribution in [0, 0.1) is 0 Å². The molecule has 1 aromatic carbocycles. The first-order chi connectivity index (χ1) is 12.7. The van der Waals surface area contributed by atoms with Crippen molar-refractivity contribution in [1.29, 1.82) is 0 Å². The van der Waals surface area contributed by atoms with Crippen LogP contribution in [0.2, 0.25) is 0 Å². The number of benzene rings is 1. The molecule has 0 saturated heterocycles. The van der Waals surface area contributed by atoms with Gasteiger partial charge >= 0.3 is 6.03 Å². The summed E-state index contributed by atoms with van der Waals surface area (Å²) in [6, 6.07) is 9.53. The average molecular weight is 364 g/mol. The third-order valence-corrected chi connectivity index (χ3v) is 4.79. The van der Waals surface area contributed by atoms with E-state index in [9.17, 15) is 4.79 Å². The highest BCUT2D eigenvalue weighted by Crippen LogP contribution is 2.36. The number of rotatable bonds is 4. The van der Waals surface area contributed by atoms with Gasteiger partial charge in [0.15, 0.2) is 5.13 Å². The zero-order chi connectivity index (χ0) is 17.9. The van der Waals surface area contributed by atoms with Crippen LogP contribution in [-0.4, -0.2) is 32.3 Å². The van der Waals surface area contributed by atoms with Gasteiger partial charge in [-0.2, -0.15) is 5.10 Å². The highest BCUT2D eigenvalue weighted by atomic mass is 32.1. The van der Waals surface area contributed by atoms with Gasteiger partial charge in [-0.15, -0.1) is 0 Å². The Hall–Kier alpha value is -3.26. The van der Waals surface area contributed by atoms with E-state index in [0.717, 1.165) is 27.0 Å². The highest BCUT2D eigenvalue weighted by Gasteiger charge is 2.14. The van der Waals surface area contributed by atoms with Crippen LogP contribution < -0.4 is 10.6 Å². The molecule has 4 rings (SSSR count). The van der Waals surface area contributed by atoms with Gasteiger partial charge in [-0.25, -0.2) is 14.5 Å². The van der Waals surface area contributed by atoms with Crippen LogP contribution in [0.5, 0.6) is 0 Å². The summed E-state index contributed by atoms with van der Waals surface area (Å²) in [5, 5.41) is 10.3. The molecule has 0 spiro atoms. The van der Waals surface area contributed by atoms with Gasteiger partial charge in [0.05, 0.1) is 15.9 Å². The van der Waals surface area contributed by atoms with E-state index in [-0.39, 0.29) is 6.03 Å². The van der Waals surface area contributed by atoms with Crippen LogP contribution >= 0.6 is 11.3 Å². The fraction of sp³-hybridized carbons (Fsp3) is 0.111. The summed E-state index contributed by atoms with van der Waals surface area (Å²) in [6.45, 7) is 2.43. The maximum absolute atomic E-state index is 11.8. The molecule has 0 bridgehead atoms. The molecular weight excluding hydrogens is 348 g/mol. The summed E-state index contributed by atoms with van der Waals surface area (Å²) in [5.74, 6) is 0. The number of nitrogens with zero attached hydrogens (tertiary/aromatic N) is 4. The van der Waals surface area contributed by atoms with E-state index in [2.05, 4.69) is 31.8 Å². The number of aromatic nitrogens is 4. The Morgan fingerprint density at radius 2 is 2.19 bits per heavy atom. The predicted molar refractivity (Wildman–Crippen MR) is 103 cm³/mol. The minimum absolute atomic E-state index is 0.262. The maximum atomic E-state index is 11.8. The van der Waals surface area contributed by atoms with Gasteiger partial charge in [-0.1, -0.05) is 17.4 Å². The number of pyridine rings is 1. The number of amides is 2. The molecule has 2 N–H and O–H groups in total. The summed E-state index contributed by atoms with van der Waals surface area (Å²) < 4.78 is 2.77. The third kappa shape index (κ3) is 3.14. The van der Waals surface area contributed by atoms with E-state index in [1.807, 2.05) is 43.6 Å². The lowest BCUT2D eigenvalue weighted by molar-refractivity contribution is 0.252. The molecule has 0 unspecified atom stereocenters. The quantitative estimate of drug-likeness (QED) is 0.578. The molecule has 0 aliphatic heterocycles.